The third-order valence-corrected chi connectivity index (χ3v) is 3.44. The van der Waals surface area contributed by atoms with E-state index in [-0.39, 0.29) is 12.4 Å². The lowest BCUT2D eigenvalue weighted by atomic mass is 10.0. The second-order valence-electron chi connectivity index (χ2n) is 5.07. The highest BCUT2D eigenvalue weighted by atomic mass is 35.5. The van der Waals surface area contributed by atoms with Gasteiger partial charge in [0.2, 0.25) is 0 Å². The lowest BCUT2D eigenvalue weighted by Crippen LogP contribution is -2.42. The summed E-state index contributed by atoms with van der Waals surface area (Å²) in [6.45, 7) is 7.65. The van der Waals surface area contributed by atoms with Gasteiger partial charge in [0.15, 0.2) is 0 Å². The van der Waals surface area contributed by atoms with Crippen molar-refractivity contribution in [2.75, 3.05) is 13.1 Å². The number of likely N-dealkylation sites (tertiary alicyclic amines) is 1. The average molecular weight is 255 g/mol. The molecule has 2 nitrogen and oxygen atoms in total. The van der Waals surface area contributed by atoms with Crippen LogP contribution in [0.4, 0.5) is 0 Å². The first-order valence-electron chi connectivity index (χ1n) is 6.19. The molecule has 1 heterocycles. The van der Waals surface area contributed by atoms with Crippen LogP contribution in [0.1, 0.15) is 29.5 Å². The van der Waals surface area contributed by atoms with Crippen LogP contribution in [0.2, 0.25) is 0 Å². The van der Waals surface area contributed by atoms with Gasteiger partial charge < -0.3 is 5.73 Å². The number of aryl methyl sites for hydroxylation is 2. The first kappa shape index (κ1) is 14.5. The summed E-state index contributed by atoms with van der Waals surface area (Å²) < 4.78 is 0. The van der Waals surface area contributed by atoms with E-state index in [0.29, 0.717) is 6.04 Å². The molecule has 0 aliphatic carbocycles. The van der Waals surface area contributed by atoms with Crippen molar-refractivity contribution < 1.29 is 0 Å². The van der Waals surface area contributed by atoms with Crippen molar-refractivity contribution in [3.8, 4) is 0 Å². The van der Waals surface area contributed by atoms with Gasteiger partial charge in [0.1, 0.15) is 0 Å². The van der Waals surface area contributed by atoms with Gasteiger partial charge in [-0.25, -0.2) is 0 Å². The van der Waals surface area contributed by atoms with Gasteiger partial charge in [-0.3, -0.25) is 4.90 Å². The molecule has 2 N–H and O–H groups in total. The highest BCUT2D eigenvalue weighted by Gasteiger charge is 2.16. The van der Waals surface area contributed by atoms with Gasteiger partial charge in [-0.15, -0.1) is 12.4 Å². The Labute approximate surface area is 111 Å². The summed E-state index contributed by atoms with van der Waals surface area (Å²) >= 11 is 0. The molecule has 1 aromatic rings. The molecule has 0 bridgehead atoms. The van der Waals surface area contributed by atoms with Gasteiger partial charge in [0.25, 0.3) is 0 Å². The molecule has 0 radical (unpaired) electrons. The average Bonchev–Trinajstić information content (AvgIpc) is 2.24. The predicted molar refractivity (Wildman–Crippen MR) is 75.7 cm³/mol. The van der Waals surface area contributed by atoms with Crippen LogP contribution < -0.4 is 5.73 Å². The topological polar surface area (TPSA) is 29.3 Å². The van der Waals surface area contributed by atoms with E-state index in [1.165, 1.54) is 36.1 Å². The number of nitrogens with two attached hydrogens (primary N) is 1. The molecule has 0 spiro atoms. The number of hydrogen-bond donors (Lipinski definition) is 1. The maximum atomic E-state index is 6.01. The Hall–Kier alpha value is -0.570. The van der Waals surface area contributed by atoms with E-state index < -0.39 is 0 Å². The summed E-state index contributed by atoms with van der Waals surface area (Å²) in [5.41, 5.74) is 10.2. The van der Waals surface area contributed by atoms with Gasteiger partial charge in [-0.1, -0.05) is 23.8 Å². The number of nitrogens with zero attached hydrogens (tertiary/aromatic N) is 1. The Morgan fingerprint density at radius 2 is 2.12 bits per heavy atom. The van der Waals surface area contributed by atoms with Gasteiger partial charge in [0, 0.05) is 19.1 Å². The van der Waals surface area contributed by atoms with Crippen LogP contribution in [0.3, 0.4) is 0 Å². The molecule has 1 saturated heterocycles. The highest BCUT2D eigenvalue weighted by molar-refractivity contribution is 5.85. The van der Waals surface area contributed by atoms with Crippen molar-refractivity contribution in [3.05, 3.63) is 34.9 Å². The third-order valence-electron chi connectivity index (χ3n) is 3.44. The van der Waals surface area contributed by atoms with Crippen LogP contribution in [0.15, 0.2) is 18.2 Å². The minimum absolute atomic E-state index is 0. The zero-order chi connectivity index (χ0) is 11.5. The largest absolute Gasteiger partial charge is 0.327 e. The number of benzene rings is 1. The second-order valence-corrected chi connectivity index (χ2v) is 5.07. The van der Waals surface area contributed by atoms with Crippen molar-refractivity contribution in [3.63, 3.8) is 0 Å². The van der Waals surface area contributed by atoms with Crippen molar-refractivity contribution >= 4 is 12.4 Å². The summed E-state index contributed by atoms with van der Waals surface area (Å²) in [5, 5.41) is 0. The minimum atomic E-state index is 0. The SMILES string of the molecule is Cc1ccc(C)c(CN2CCC[C@@H](N)C2)c1.Cl. The zero-order valence-corrected chi connectivity index (χ0v) is 11.6. The van der Waals surface area contributed by atoms with Gasteiger partial charge in [-0.05, 0) is 44.4 Å². The quantitative estimate of drug-likeness (QED) is 0.879. The molecule has 17 heavy (non-hydrogen) atoms. The molecular formula is C14H23ClN2. The Morgan fingerprint density at radius 1 is 1.35 bits per heavy atom. The lowest BCUT2D eigenvalue weighted by molar-refractivity contribution is 0.201. The number of halogens is 1. The molecule has 0 saturated carbocycles. The Kier molecular flexibility index (Phi) is 5.44. The molecule has 0 aromatic heterocycles. The van der Waals surface area contributed by atoms with Crippen LogP contribution >= 0.6 is 12.4 Å². The predicted octanol–water partition coefficient (Wildman–Crippen LogP) is 2.65. The fraction of sp³-hybridized carbons (Fsp3) is 0.571. The molecular weight excluding hydrogens is 232 g/mol. The fourth-order valence-electron chi connectivity index (χ4n) is 2.45. The Bertz CT molecular complexity index is 365. The minimum Gasteiger partial charge on any atom is -0.327 e. The zero-order valence-electron chi connectivity index (χ0n) is 10.8. The fourth-order valence-corrected chi connectivity index (χ4v) is 2.45. The maximum Gasteiger partial charge on any atom is 0.0237 e. The molecule has 1 aromatic carbocycles. The summed E-state index contributed by atoms with van der Waals surface area (Å²) in [5.74, 6) is 0. The standard InChI is InChI=1S/C14H22N2.ClH/c1-11-5-6-12(2)13(8-11)9-16-7-3-4-14(15)10-16;/h5-6,8,14H,3-4,7,9-10,15H2,1-2H3;1H/t14-;/m1./s1. The number of hydrogen-bond acceptors (Lipinski definition) is 2. The van der Waals surface area contributed by atoms with Crippen molar-refractivity contribution in [2.45, 2.75) is 39.3 Å². The van der Waals surface area contributed by atoms with E-state index in [2.05, 4.69) is 36.9 Å². The van der Waals surface area contributed by atoms with Crippen LogP contribution in [0, 0.1) is 13.8 Å². The smallest absolute Gasteiger partial charge is 0.0237 e. The molecule has 1 aliphatic rings. The second kappa shape index (κ2) is 6.39. The van der Waals surface area contributed by atoms with E-state index in [1.54, 1.807) is 0 Å². The van der Waals surface area contributed by atoms with E-state index >= 15 is 0 Å². The first-order chi connectivity index (χ1) is 7.65. The molecule has 1 fully saturated rings. The van der Waals surface area contributed by atoms with E-state index in [9.17, 15) is 0 Å². The number of piperidine rings is 1. The highest BCUT2D eigenvalue weighted by Crippen LogP contribution is 2.16. The summed E-state index contributed by atoms with van der Waals surface area (Å²) in [7, 11) is 0. The third kappa shape index (κ3) is 3.98. The monoisotopic (exact) mass is 254 g/mol. The van der Waals surface area contributed by atoms with Crippen molar-refractivity contribution in [1.82, 2.24) is 4.90 Å². The van der Waals surface area contributed by atoms with E-state index in [4.69, 9.17) is 5.73 Å². The van der Waals surface area contributed by atoms with Crippen LogP contribution in [0.25, 0.3) is 0 Å². The molecule has 0 unspecified atom stereocenters. The maximum absolute atomic E-state index is 6.01. The van der Waals surface area contributed by atoms with Gasteiger partial charge in [-0.2, -0.15) is 0 Å². The van der Waals surface area contributed by atoms with Gasteiger partial charge >= 0.3 is 0 Å². The molecule has 1 aliphatic heterocycles. The van der Waals surface area contributed by atoms with Crippen LogP contribution in [0.5, 0.6) is 0 Å². The Balaban J connectivity index is 0.00000144. The lowest BCUT2D eigenvalue weighted by Gasteiger charge is -2.31. The molecule has 3 heteroatoms. The molecule has 0 amide bonds. The van der Waals surface area contributed by atoms with E-state index in [0.717, 1.165) is 13.1 Å². The normalized spacial score (nSPS) is 21.0. The van der Waals surface area contributed by atoms with Gasteiger partial charge in [0.05, 0.1) is 0 Å². The van der Waals surface area contributed by atoms with E-state index in [1.807, 2.05) is 0 Å². The van der Waals surface area contributed by atoms with Crippen LogP contribution in [-0.2, 0) is 6.54 Å². The first-order valence-corrected chi connectivity index (χ1v) is 6.19. The summed E-state index contributed by atoms with van der Waals surface area (Å²) in [4.78, 5) is 2.48. The van der Waals surface area contributed by atoms with Crippen molar-refractivity contribution in [2.24, 2.45) is 5.73 Å². The van der Waals surface area contributed by atoms with Crippen molar-refractivity contribution in [1.29, 1.82) is 0 Å². The molecule has 2 rings (SSSR count). The Morgan fingerprint density at radius 3 is 2.82 bits per heavy atom. The van der Waals surface area contributed by atoms with Crippen LogP contribution in [-0.4, -0.2) is 24.0 Å². The molecule has 1 atom stereocenters. The number of rotatable bonds is 2. The molecule has 96 valence electrons. The summed E-state index contributed by atoms with van der Waals surface area (Å²) in [6.07, 6.45) is 2.43. The summed E-state index contributed by atoms with van der Waals surface area (Å²) in [6, 6.07) is 7.07.